The average Bonchev–Trinajstić information content (AvgIpc) is 2.96. The van der Waals surface area contributed by atoms with Gasteiger partial charge in [0.25, 0.3) is 17.7 Å². The van der Waals surface area contributed by atoms with E-state index >= 15 is 0 Å². The highest BCUT2D eigenvalue weighted by molar-refractivity contribution is 14.1. The Bertz CT molecular complexity index is 1540. The molecule has 0 saturated heterocycles. The molecule has 0 radical (unpaired) electrons. The van der Waals surface area contributed by atoms with E-state index in [2.05, 4.69) is 26.6 Å². The molecule has 2 aromatic rings. The number of anilines is 3. The van der Waals surface area contributed by atoms with Gasteiger partial charge in [-0.2, -0.15) is 0 Å². The van der Waals surface area contributed by atoms with Crippen molar-refractivity contribution in [2.75, 3.05) is 42.3 Å². The molecule has 2 atom stereocenters. The highest BCUT2D eigenvalue weighted by Crippen LogP contribution is 2.41. The number of aliphatic hydroxyl groups is 4. The zero-order valence-electron chi connectivity index (χ0n) is 23.1. The van der Waals surface area contributed by atoms with Crippen LogP contribution in [0.3, 0.4) is 0 Å². The van der Waals surface area contributed by atoms with Crippen molar-refractivity contribution in [1.82, 2.24) is 10.6 Å². The van der Waals surface area contributed by atoms with Gasteiger partial charge in [-0.1, -0.05) is 0 Å². The summed E-state index contributed by atoms with van der Waals surface area (Å²) < 4.78 is 1.92. The molecule has 5 amide bonds. The predicted octanol–water partition coefficient (Wildman–Crippen LogP) is 2.65. The minimum atomic E-state index is -1.22. The largest absolute Gasteiger partial charge is 0.394 e. The number of benzene rings is 2. The number of hydrogen-bond acceptors (Lipinski definition) is 9. The van der Waals surface area contributed by atoms with Gasteiger partial charge in [0.1, 0.15) is 0 Å². The maximum absolute atomic E-state index is 14.1. The van der Waals surface area contributed by atoms with E-state index in [1.807, 2.05) is 136 Å². The summed E-state index contributed by atoms with van der Waals surface area (Å²) in [6.45, 7) is 0.876. The maximum Gasteiger partial charge on any atom is 0.257 e. The molecule has 45 heavy (non-hydrogen) atoms. The second-order valence-electron chi connectivity index (χ2n) is 9.04. The first-order valence-electron chi connectivity index (χ1n) is 12.4. The quantitative estimate of drug-likeness (QED) is 0.142. The van der Waals surface area contributed by atoms with Crippen LogP contribution in [0.15, 0.2) is 0 Å². The van der Waals surface area contributed by atoms with Crippen LogP contribution in [0.4, 0.5) is 17.1 Å². The minimum Gasteiger partial charge on any atom is -0.394 e. The summed E-state index contributed by atoms with van der Waals surface area (Å²) >= 11 is 11.3. The van der Waals surface area contributed by atoms with E-state index in [4.69, 9.17) is 10.2 Å². The van der Waals surface area contributed by atoms with E-state index in [1.165, 1.54) is 13.8 Å². The molecule has 2 unspecified atom stereocenters. The number of hydrogen-bond donors (Lipinski definition) is 9. The van der Waals surface area contributed by atoms with Gasteiger partial charge in [0.2, 0.25) is 11.8 Å². The second kappa shape index (κ2) is 18.7. The Balaban J connectivity index is 2.78. The fourth-order valence-electron chi connectivity index (χ4n) is 3.51. The first kappa shape index (κ1) is 41.2. The highest BCUT2D eigenvalue weighted by atomic mass is 127. The summed E-state index contributed by atoms with van der Waals surface area (Å²) in [6, 6.07) is 0. The highest BCUT2D eigenvalue weighted by Gasteiger charge is 2.31. The van der Waals surface area contributed by atoms with Crippen LogP contribution in [0.25, 0.3) is 0 Å². The third-order valence-corrected chi connectivity index (χ3v) is 12.0. The molecule has 246 valence electrons. The van der Waals surface area contributed by atoms with Crippen molar-refractivity contribution in [3.63, 3.8) is 0 Å². The summed E-state index contributed by atoms with van der Waals surface area (Å²) in [6.07, 6.45) is -2.42. The Morgan fingerprint density at radius 3 is 1.20 bits per heavy atom. The van der Waals surface area contributed by atoms with Crippen LogP contribution < -0.4 is 26.6 Å². The SMILES string of the molecule is CC(=O)Nc1c(I)c(NC(=O)c2c(I)c(NC(C)=O)c(I)c(C(=O)NCC(O)CO)c2I)c(I)c(C(=O)NCC(O)CO)c1I. The molecule has 0 aliphatic carbocycles. The van der Waals surface area contributed by atoms with Gasteiger partial charge in [-0.05, 0) is 136 Å². The van der Waals surface area contributed by atoms with E-state index in [9.17, 15) is 34.2 Å². The third-order valence-electron chi connectivity index (χ3n) is 5.57. The Morgan fingerprint density at radius 2 is 0.844 bits per heavy atom. The van der Waals surface area contributed by atoms with Crippen LogP contribution in [-0.2, 0) is 9.59 Å². The number of amides is 5. The van der Waals surface area contributed by atoms with E-state index < -0.39 is 55.0 Å². The van der Waals surface area contributed by atoms with Crippen molar-refractivity contribution in [2.45, 2.75) is 26.1 Å². The molecule has 0 saturated carbocycles. The van der Waals surface area contributed by atoms with E-state index in [0.717, 1.165) is 0 Å². The molecule has 9 N–H and O–H groups in total. The lowest BCUT2D eigenvalue weighted by Crippen LogP contribution is -2.35. The van der Waals surface area contributed by atoms with Crippen molar-refractivity contribution < 1.29 is 44.4 Å². The van der Waals surface area contributed by atoms with Gasteiger partial charge in [-0.25, -0.2) is 0 Å². The molecule has 0 aromatic heterocycles. The summed E-state index contributed by atoms with van der Waals surface area (Å²) in [7, 11) is 0. The fraction of sp³-hybridized carbons (Fsp3) is 0.320. The first-order valence-corrected chi connectivity index (χ1v) is 18.9. The van der Waals surface area contributed by atoms with Crippen LogP contribution in [0.2, 0.25) is 0 Å². The molecule has 20 heteroatoms. The lowest BCUT2D eigenvalue weighted by molar-refractivity contribution is -0.115. The van der Waals surface area contributed by atoms with Crippen molar-refractivity contribution in [1.29, 1.82) is 0 Å². The van der Waals surface area contributed by atoms with E-state index in [0.29, 0.717) is 17.9 Å². The number of carbonyl (C=O) groups is 5. The minimum absolute atomic E-state index is 0.0246. The normalized spacial score (nSPS) is 12.2. The van der Waals surface area contributed by atoms with Gasteiger partial charge in [-0.3, -0.25) is 24.0 Å². The standard InChI is InChI=1S/C25H25I6N5O9/c1-7(39)34-20-15(27)11(23(43)32-3-9(41)5-37)14(26)12(16(20)28)25(45)36-22-18(30)13(24(44)33-4-10(42)6-38)17(29)21(19(22)31)35-8(2)40/h9-10,37-38,41-42H,3-6H2,1-2H3,(H,32,43)(H,33,44)(H,34,39)(H,35,40)(H,36,45). The Hall–Kier alpha value is 0.01000. The number of nitrogens with one attached hydrogen (secondary N) is 5. The van der Waals surface area contributed by atoms with E-state index in [-0.39, 0.29) is 50.4 Å². The topological polar surface area (TPSA) is 226 Å². The fourth-order valence-corrected chi connectivity index (χ4v) is 12.1. The average molecular weight is 1300 g/mol. The van der Waals surface area contributed by atoms with Crippen LogP contribution in [0.1, 0.15) is 44.9 Å². The molecule has 0 aliphatic rings. The molecule has 2 aromatic carbocycles. The third kappa shape index (κ3) is 10.5. The van der Waals surface area contributed by atoms with Gasteiger partial charge in [0.15, 0.2) is 0 Å². The molecular weight excluding hydrogens is 1280 g/mol. The molecule has 2 rings (SSSR count). The molecule has 0 bridgehead atoms. The van der Waals surface area contributed by atoms with Crippen LogP contribution >= 0.6 is 136 Å². The second-order valence-corrected chi connectivity index (χ2v) is 15.5. The Morgan fingerprint density at radius 1 is 0.533 bits per heavy atom. The number of carbonyl (C=O) groups excluding carboxylic acids is 5. The predicted molar refractivity (Wildman–Crippen MR) is 217 cm³/mol. The zero-order chi connectivity index (χ0) is 34.3. The van der Waals surface area contributed by atoms with Crippen LogP contribution in [-0.4, -0.2) is 88.5 Å². The number of aliphatic hydroxyl groups excluding tert-OH is 4. The first-order chi connectivity index (χ1) is 21.0. The number of rotatable bonds is 12. The summed E-state index contributed by atoms with van der Waals surface area (Å²) in [5.41, 5.74) is 0.785. The molecule has 0 spiro atoms. The molecular formula is C25H25I6N5O9. The van der Waals surface area contributed by atoms with Gasteiger partial charge in [0, 0.05) is 30.5 Å². The van der Waals surface area contributed by atoms with Crippen molar-refractivity contribution in [2.24, 2.45) is 0 Å². The van der Waals surface area contributed by atoms with Crippen LogP contribution in [0, 0.1) is 21.4 Å². The maximum atomic E-state index is 14.1. The Labute approximate surface area is 339 Å². The Kier molecular flexibility index (Phi) is 17.1. The molecule has 0 aliphatic heterocycles. The molecule has 0 heterocycles. The van der Waals surface area contributed by atoms with E-state index in [1.54, 1.807) is 0 Å². The lowest BCUT2D eigenvalue weighted by atomic mass is 10.1. The number of halogens is 6. The van der Waals surface area contributed by atoms with Gasteiger partial charge in [-0.15, -0.1) is 0 Å². The van der Waals surface area contributed by atoms with Crippen molar-refractivity contribution in [3.05, 3.63) is 38.1 Å². The lowest BCUT2D eigenvalue weighted by Gasteiger charge is -2.22. The molecule has 0 fully saturated rings. The van der Waals surface area contributed by atoms with Gasteiger partial charge < -0.3 is 47.0 Å². The summed E-state index contributed by atoms with van der Waals surface area (Å²) in [5.74, 6) is -2.89. The van der Waals surface area contributed by atoms with Gasteiger partial charge >= 0.3 is 0 Å². The van der Waals surface area contributed by atoms with Gasteiger partial charge in [0.05, 0.1) is 77.0 Å². The zero-order valence-corrected chi connectivity index (χ0v) is 36.0. The van der Waals surface area contributed by atoms with Crippen molar-refractivity contribution in [3.8, 4) is 0 Å². The monoisotopic (exact) mass is 1300 g/mol. The van der Waals surface area contributed by atoms with Crippen LogP contribution in [0.5, 0.6) is 0 Å². The summed E-state index contributed by atoms with van der Waals surface area (Å²) in [5, 5.41) is 50.9. The smallest absolute Gasteiger partial charge is 0.257 e. The summed E-state index contributed by atoms with van der Waals surface area (Å²) in [4.78, 5) is 64.7. The molecule has 14 nitrogen and oxygen atoms in total. The van der Waals surface area contributed by atoms with Crippen molar-refractivity contribution >= 4 is 182 Å².